The second kappa shape index (κ2) is 5.60. The predicted molar refractivity (Wildman–Crippen MR) is 72.6 cm³/mol. The van der Waals surface area contributed by atoms with Crippen molar-refractivity contribution < 1.29 is 9.90 Å². The Balaban J connectivity index is 2.03. The zero-order chi connectivity index (χ0) is 13.2. The number of carboxylic acids is 1. The van der Waals surface area contributed by atoms with Gasteiger partial charge in [-0.15, -0.1) is 0 Å². The van der Waals surface area contributed by atoms with E-state index in [0.717, 1.165) is 38.3 Å². The summed E-state index contributed by atoms with van der Waals surface area (Å²) in [7, 11) is 0. The first-order valence-corrected chi connectivity index (χ1v) is 7.56. The molecule has 0 radical (unpaired) electrons. The van der Waals surface area contributed by atoms with Gasteiger partial charge in [0.15, 0.2) is 0 Å². The molecule has 0 aromatic heterocycles. The Kier molecular flexibility index (Phi) is 4.31. The van der Waals surface area contributed by atoms with Crippen molar-refractivity contribution in [2.45, 2.75) is 64.8 Å². The van der Waals surface area contributed by atoms with E-state index in [1.165, 1.54) is 25.7 Å². The molecule has 0 aromatic rings. The summed E-state index contributed by atoms with van der Waals surface area (Å²) in [5, 5.41) is 9.53. The number of rotatable bonds is 4. The summed E-state index contributed by atoms with van der Waals surface area (Å²) in [5.41, 5.74) is -0.481. The average molecular weight is 253 g/mol. The molecule has 2 aliphatic rings. The number of carbonyl (C=O) groups is 1. The molecule has 1 aliphatic carbocycles. The third kappa shape index (κ3) is 2.56. The van der Waals surface area contributed by atoms with Gasteiger partial charge in [-0.2, -0.15) is 0 Å². The Bertz CT molecular complexity index is 299. The molecule has 2 rings (SSSR count). The lowest BCUT2D eigenvalue weighted by atomic mass is 9.76. The topological polar surface area (TPSA) is 40.5 Å². The van der Waals surface area contributed by atoms with Crippen LogP contribution in [0.25, 0.3) is 0 Å². The van der Waals surface area contributed by atoms with Gasteiger partial charge in [0.2, 0.25) is 0 Å². The van der Waals surface area contributed by atoms with Crippen molar-refractivity contribution >= 4 is 5.97 Å². The van der Waals surface area contributed by atoms with Crippen LogP contribution in [0.15, 0.2) is 0 Å². The minimum Gasteiger partial charge on any atom is -0.481 e. The summed E-state index contributed by atoms with van der Waals surface area (Å²) < 4.78 is 0. The van der Waals surface area contributed by atoms with Crippen LogP contribution >= 0.6 is 0 Å². The molecule has 3 heteroatoms. The molecule has 0 spiro atoms. The minimum atomic E-state index is -0.590. The van der Waals surface area contributed by atoms with E-state index in [4.69, 9.17) is 0 Å². The molecule has 1 saturated carbocycles. The highest BCUT2D eigenvalue weighted by Crippen LogP contribution is 2.37. The van der Waals surface area contributed by atoms with Crippen molar-refractivity contribution in [2.75, 3.05) is 13.1 Å². The zero-order valence-electron chi connectivity index (χ0n) is 11.8. The molecule has 1 heterocycles. The molecular weight excluding hydrogens is 226 g/mol. The second-order valence-electron chi connectivity index (χ2n) is 6.30. The number of aliphatic carboxylic acids is 1. The summed E-state index contributed by atoms with van der Waals surface area (Å²) >= 11 is 0. The number of hydrogen-bond donors (Lipinski definition) is 1. The van der Waals surface area contributed by atoms with Crippen LogP contribution < -0.4 is 0 Å². The van der Waals surface area contributed by atoms with Gasteiger partial charge in [0, 0.05) is 12.6 Å². The Labute approximate surface area is 111 Å². The van der Waals surface area contributed by atoms with Crippen LogP contribution in [-0.2, 0) is 4.79 Å². The van der Waals surface area contributed by atoms with Crippen LogP contribution in [0.3, 0.4) is 0 Å². The van der Waals surface area contributed by atoms with E-state index in [1.807, 2.05) is 6.92 Å². The van der Waals surface area contributed by atoms with Crippen LogP contribution in [-0.4, -0.2) is 35.1 Å². The van der Waals surface area contributed by atoms with Gasteiger partial charge in [0.1, 0.15) is 0 Å². The molecule has 1 saturated heterocycles. The van der Waals surface area contributed by atoms with Crippen molar-refractivity contribution in [3.63, 3.8) is 0 Å². The maximum atomic E-state index is 11.6. The fourth-order valence-electron chi connectivity index (χ4n) is 3.87. The van der Waals surface area contributed by atoms with Gasteiger partial charge < -0.3 is 5.11 Å². The van der Waals surface area contributed by atoms with Crippen molar-refractivity contribution in [3.8, 4) is 0 Å². The molecule has 0 aromatic carbocycles. The molecule has 2 fully saturated rings. The summed E-state index contributed by atoms with van der Waals surface area (Å²) in [6, 6.07) is 0.568. The van der Waals surface area contributed by atoms with Gasteiger partial charge in [0.25, 0.3) is 0 Å². The molecular formula is C15H27NO2. The summed E-state index contributed by atoms with van der Waals surface area (Å²) in [6.45, 7) is 6.19. The molecule has 104 valence electrons. The van der Waals surface area contributed by atoms with Gasteiger partial charge in [0.05, 0.1) is 5.41 Å². The molecule has 1 N–H and O–H groups in total. The van der Waals surface area contributed by atoms with E-state index in [2.05, 4.69) is 11.8 Å². The van der Waals surface area contributed by atoms with E-state index in [0.29, 0.717) is 6.04 Å². The van der Waals surface area contributed by atoms with Gasteiger partial charge in [-0.1, -0.05) is 19.8 Å². The number of carboxylic acid groups (broad SMARTS) is 1. The fourth-order valence-corrected chi connectivity index (χ4v) is 3.87. The molecule has 2 unspecified atom stereocenters. The van der Waals surface area contributed by atoms with Gasteiger partial charge in [-0.3, -0.25) is 9.69 Å². The van der Waals surface area contributed by atoms with Crippen LogP contribution in [0.2, 0.25) is 0 Å². The van der Waals surface area contributed by atoms with Crippen LogP contribution in [0.1, 0.15) is 58.8 Å². The standard InChI is InChI=1S/C15H27NO2/c1-3-15(14(17)18)9-6-10-16(11-15)12(2)13-7-4-5-8-13/h12-13H,3-11H2,1-2H3,(H,17,18). The van der Waals surface area contributed by atoms with Gasteiger partial charge in [-0.25, -0.2) is 0 Å². The maximum absolute atomic E-state index is 11.6. The van der Waals surface area contributed by atoms with E-state index >= 15 is 0 Å². The predicted octanol–water partition coefficient (Wildman–Crippen LogP) is 3.14. The monoisotopic (exact) mass is 253 g/mol. The van der Waals surface area contributed by atoms with Crippen LogP contribution in [0, 0.1) is 11.3 Å². The van der Waals surface area contributed by atoms with Gasteiger partial charge in [-0.05, 0) is 51.5 Å². The number of piperidine rings is 1. The smallest absolute Gasteiger partial charge is 0.310 e. The molecule has 3 nitrogen and oxygen atoms in total. The third-order valence-corrected chi connectivity index (χ3v) is 5.39. The Hall–Kier alpha value is -0.570. The lowest BCUT2D eigenvalue weighted by Gasteiger charge is -2.43. The Morgan fingerprint density at radius 2 is 2.06 bits per heavy atom. The van der Waals surface area contributed by atoms with E-state index < -0.39 is 11.4 Å². The van der Waals surface area contributed by atoms with Crippen molar-refractivity contribution in [3.05, 3.63) is 0 Å². The summed E-state index contributed by atoms with van der Waals surface area (Å²) in [5.74, 6) is 0.208. The van der Waals surface area contributed by atoms with Crippen molar-refractivity contribution in [2.24, 2.45) is 11.3 Å². The third-order valence-electron chi connectivity index (χ3n) is 5.39. The minimum absolute atomic E-state index is 0.481. The lowest BCUT2D eigenvalue weighted by Crippen LogP contribution is -2.51. The SMILES string of the molecule is CCC1(C(=O)O)CCCN(C(C)C2CCCC2)C1. The molecule has 0 bridgehead atoms. The maximum Gasteiger partial charge on any atom is 0.310 e. The van der Waals surface area contributed by atoms with Crippen molar-refractivity contribution in [1.82, 2.24) is 4.90 Å². The van der Waals surface area contributed by atoms with Crippen molar-refractivity contribution in [1.29, 1.82) is 0 Å². The summed E-state index contributed by atoms with van der Waals surface area (Å²) in [4.78, 5) is 14.0. The first-order valence-electron chi connectivity index (χ1n) is 7.56. The highest BCUT2D eigenvalue weighted by Gasteiger charge is 2.42. The number of nitrogens with zero attached hydrogens (tertiary/aromatic N) is 1. The quantitative estimate of drug-likeness (QED) is 0.836. The van der Waals surface area contributed by atoms with E-state index in [-0.39, 0.29) is 0 Å². The van der Waals surface area contributed by atoms with Gasteiger partial charge >= 0.3 is 5.97 Å². The Morgan fingerprint density at radius 1 is 1.39 bits per heavy atom. The number of likely N-dealkylation sites (tertiary alicyclic amines) is 1. The molecule has 18 heavy (non-hydrogen) atoms. The number of hydrogen-bond acceptors (Lipinski definition) is 2. The molecule has 0 amide bonds. The van der Waals surface area contributed by atoms with E-state index in [9.17, 15) is 9.90 Å². The lowest BCUT2D eigenvalue weighted by molar-refractivity contribution is -0.153. The first-order chi connectivity index (χ1) is 8.59. The van der Waals surface area contributed by atoms with Crippen LogP contribution in [0.5, 0.6) is 0 Å². The highest BCUT2D eigenvalue weighted by molar-refractivity contribution is 5.75. The van der Waals surface area contributed by atoms with E-state index in [1.54, 1.807) is 0 Å². The summed E-state index contributed by atoms with van der Waals surface area (Å²) in [6.07, 6.45) is 8.05. The normalized spacial score (nSPS) is 32.6. The average Bonchev–Trinajstić information content (AvgIpc) is 2.91. The zero-order valence-corrected chi connectivity index (χ0v) is 11.8. The molecule has 1 aliphatic heterocycles. The van der Waals surface area contributed by atoms with Crippen LogP contribution in [0.4, 0.5) is 0 Å². The highest BCUT2D eigenvalue weighted by atomic mass is 16.4. The second-order valence-corrected chi connectivity index (χ2v) is 6.30. The Morgan fingerprint density at radius 3 is 2.61 bits per heavy atom. The fraction of sp³-hybridized carbons (Fsp3) is 0.933. The first kappa shape index (κ1) is 13.9. The molecule has 2 atom stereocenters. The largest absolute Gasteiger partial charge is 0.481 e.